The van der Waals surface area contributed by atoms with Gasteiger partial charge in [-0.25, -0.2) is 0 Å². The second-order valence-corrected chi connectivity index (χ2v) is 9.13. The molecule has 8 nitrogen and oxygen atoms in total. The highest BCUT2D eigenvalue weighted by molar-refractivity contribution is 9.10. The maximum atomic E-state index is 13.4. The molecule has 0 bridgehead atoms. The number of amides is 2. The first-order valence-corrected chi connectivity index (χ1v) is 11.4. The standard InChI is InChI=1S/C24H19BrN4O4S/c1-13-9-17(25)7-8-21(13)28-23(31)20(22(30)26-24(28)34)11-16-10-14(2)27(15(16)3)18-5-4-6-19(12-18)29(32)33/h4-12H,1-3H3,(H,26,30,34)/b20-11+. The maximum Gasteiger partial charge on any atom is 0.271 e. The summed E-state index contributed by atoms with van der Waals surface area (Å²) in [5, 5.41) is 13.8. The Balaban J connectivity index is 1.78. The molecule has 1 aliphatic rings. The van der Waals surface area contributed by atoms with Gasteiger partial charge in [0, 0.05) is 28.0 Å². The minimum Gasteiger partial charge on any atom is -0.318 e. The fourth-order valence-corrected chi connectivity index (χ4v) is 4.73. The van der Waals surface area contributed by atoms with Crippen LogP contribution in [0.15, 0.2) is 58.6 Å². The number of rotatable bonds is 4. The van der Waals surface area contributed by atoms with Gasteiger partial charge >= 0.3 is 0 Å². The summed E-state index contributed by atoms with van der Waals surface area (Å²) in [6.07, 6.45) is 1.52. The second kappa shape index (κ2) is 8.96. The molecule has 172 valence electrons. The van der Waals surface area contributed by atoms with E-state index in [2.05, 4.69) is 21.2 Å². The first-order valence-electron chi connectivity index (χ1n) is 10.2. The van der Waals surface area contributed by atoms with Crippen molar-refractivity contribution in [3.63, 3.8) is 0 Å². The van der Waals surface area contributed by atoms with E-state index in [0.29, 0.717) is 16.9 Å². The number of aromatic nitrogens is 1. The summed E-state index contributed by atoms with van der Waals surface area (Å²) in [7, 11) is 0. The molecule has 2 heterocycles. The largest absolute Gasteiger partial charge is 0.318 e. The van der Waals surface area contributed by atoms with Gasteiger partial charge in [0.25, 0.3) is 17.5 Å². The van der Waals surface area contributed by atoms with Crippen molar-refractivity contribution in [2.75, 3.05) is 4.90 Å². The van der Waals surface area contributed by atoms with Crippen LogP contribution in [0.25, 0.3) is 11.8 Å². The number of carbonyl (C=O) groups is 2. The summed E-state index contributed by atoms with van der Waals surface area (Å²) in [5.74, 6) is -1.11. The fraction of sp³-hybridized carbons (Fsp3) is 0.125. The van der Waals surface area contributed by atoms with Crippen LogP contribution in [-0.4, -0.2) is 26.4 Å². The van der Waals surface area contributed by atoms with Gasteiger partial charge in [-0.2, -0.15) is 0 Å². The maximum absolute atomic E-state index is 13.4. The lowest BCUT2D eigenvalue weighted by Crippen LogP contribution is -2.54. The number of halogens is 1. The van der Waals surface area contributed by atoms with Crippen LogP contribution in [0.4, 0.5) is 11.4 Å². The van der Waals surface area contributed by atoms with Crippen LogP contribution in [0.2, 0.25) is 0 Å². The fourth-order valence-electron chi connectivity index (χ4n) is 3.98. The molecule has 0 spiro atoms. The van der Waals surface area contributed by atoms with E-state index in [1.165, 1.54) is 23.1 Å². The lowest BCUT2D eigenvalue weighted by Gasteiger charge is -2.30. The number of thiocarbonyl (C=S) groups is 1. The molecule has 2 amide bonds. The average molecular weight is 539 g/mol. The van der Waals surface area contributed by atoms with E-state index in [9.17, 15) is 19.7 Å². The van der Waals surface area contributed by atoms with Gasteiger partial charge in [0.15, 0.2) is 5.11 Å². The van der Waals surface area contributed by atoms with Crippen molar-refractivity contribution in [1.29, 1.82) is 0 Å². The number of nitro groups is 1. The molecule has 1 fully saturated rings. The van der Waals surface area contributed by atoms with Gasteiger partial charge in [-0.15, -0.1) is 0 Å². The smallest absolute Gasteiger partial charge is 0.271 e. The Morgan fingerprint density at radius 3 is 2.50 bits per heavy atom. The zero-order valence-corrected chi connectivity index (χ0v) is 20.9. The van der Waals surface area contributed by atoms with E-state index in [0.717, 1.165) is 21.4 Å². The number of non-ortho nitro benzene ring substituents is 1. The Labute approximate surface area is 209 Å². The van der Waals surface area contributed by atoms with E-state index in [1.54, 1.807) is 24.3 Å². The Bertz CT molecular complexity index is 1430. The van der Waals surface area contributed by atoms with Gasteiger partial charge in [0.2, 0.25) is 0 Å². The number of hydrogen-bond donors (Lipinski definition) is 1. The van der Waals surface area contributed by atoms with E-state index in [4.69, 9.17) is 12.2 Å². The summed E-state index contributed by atoms with van der Waals surface area (Å²) >= 11 is 8.70. The molecule has 3 aromatic rings. The molecule has 0 aliphatic carbocycles. The first kappa shape index (κ1) is 23.5. The van der Waals surface area contributed by atoms with Gasteiger partial charge in [0.1, 0.15) is 5.57 Å². The molecule has 0 unspecified atom stereocenters. The molecule has 34 heavy (non-hydrogen) atoms. The molecule has 0 radical (unpaired) electrons. The van der Waals surface area contributed by atoms with Gasteiger partial charge in [0.05, 0.1) is 16.3 Å². The van der Waals surface area contributed by atoms with Crippen LogP contribution in [-0.2, 0) is 9.59 Å². The van der Waals surface area contributed by atoms with Gasteiger partial charge < -0.3 is 4.57 Å². The zero-order valence-electron chi connectivity index (χ0n) is 18.5. The van der Waals surface area contributed by atoms with Gasteiger partial charge in [-0.1, -0.05) is 22.0 Å². The predicted molar refractivity (Wildman–Crippen MR) is 137 cm³/mol. The molecule has 10 heteroatoms. The topological polar surface area (TPSA) is 97.5 Å². The molecular weight excluding hydrogens is 520 g/mol. The third-order valence-corrected chi connectivity index (χ3v) is 6.35. The zero-order chi connectivity index (χ0) is 24.7. The summed E-state index contributed by atoms with van der Waals surface area (Å²) in [6, 6.07) is 13.5. The SMILES string of the molecule is Cc1cc(Br)ccc1N1C(=O)/C(=C/c2cc(C)n(-c3cccc([N+](=O)[O-])c3)c2C)C(=O)NC1=S. The van der Waals surface area contributed by atoms with Crippen molar-refractivity contribution in [1.82, 2.24) is 9.88 Å². The highest BCUT2D eigenvalue weighted by Gasteiger charge is 2.35. The molecule has 1 saturated heterocycles. The number of nitro benzene ring substituents is 1. The molecule has 0 saturated carbocycles. The summed E-state index contributed by atoms with van der Waals surface area (Å²) in [5.41, 5.74) is 4.08. The van der Waals surface area contributed by atoms with E-state index >= 15 is 0 Å². The second-order valence-electron chi connectivity index (χ2n) is 7.83. The minimum atomic E-state index is -0.582. The quantitative estimate of drug-likeness (QED) is 0.167. The minimum absolute atomic E-state index is 0.0136. The average Bonchev–Trinajstić information content (AvgIpc) is 3.05. The number of nitrogens with one attached hydrogen (secondary N) is 1. The van der Waals surface area contributed by atoms with Crippen LogP contribution >= 0.6 is 28.1 Å². The molecule has 1 N–H and O–H groups in total. The van der Waals surface area contributed by atoms with Crippen LogP contribution < -0.4 is 10.2 Å². The molecule has 1 aliphatic heterocycles. The van der Waals surface area contributed by atoms with Crippen molar-refractivity contribution >= 4 is 62.5 Å². The first-order chi connectivity index (χ1) is 16.1. The van der Waals surface area contributed by atoms with Crippen LogP contribution in [0.1, 0.15) is 22.5 Å². The van der Waals surface area contributed by atoms with E-state index in [-0.39, 0.29) is 16.4 Å². The number of benzene rings is 2. The highest BCUT2D eigenvalue weighted by Crippen LogP contribution is 2.29. The van der Waals surface area contributed by atoms with Crippen molar-refractivity contribution < 1.29 is 14.5 Å². The van der Waals surface area contributed by atoms with E-state index < -0.39 is 16.7 Å². The van der Waals surface area contributed by atoms with Crippen molar-refractivity contribution in [2.24, 2.45) is 0 Å². The van der Waals surface area contributed by atoms with Crippen LogP contribution in [0.5, 0.6) is 0 Å². The Kier molecular flexibility index (Phi) is 6.20. The number of nitrogens with zero attached hydrogens (tertiary/aromatic N) is 3. The Morgan fingerprint density at radius 2 is 1.82 bits per heavy atom. The highest BCUT2D eigenvalue weighted by atomic mass is 79.9. The summed E-state index contributed by atoms with van der Waals surface area (Å²) in [4.78, 5) is 38.2. The van der Waals surface area contributed by atoms with Crippen LogP contribution in [0, 0.1) is 30.9 Å². The lowest BCUT2D eigenvalue weighted by molar-refractivity contribution is -0.384. The molecule has 4 rings (SSSR count). The lowest BCUT2D eigenvalue weighted by atomic mass is 10.1. The Hall–Kier alpha value is -3.63. The van der Waals surface area contributed by atoms with Crippen LogP contribution in [0.3, 0.4) is 0 Å². The molecule has 1 aromatic heterocycles. The van der Waals surface area contributed by atoms with Crippen molar-refractivity contribution in [2.45, 2.75) is 20.8 Å². The number of carbonyl (C=O) groups excluding carboxylic acids is 2. The number of hydrogen-bond acceptors (Lipinski definition) is 5. The normalized spacial score (nSPS) is 15.1. The number of aryl methyl sites for hydroxylation is 2. The van der Waals surface area contributed by atoms with Crippen molar-refractivity contribution in [3.05, 3.63) is 91.2 Å². The monoisotopic (exact) mass is 538 g/mol. The third-order valence-electron chi connectivity index (χ3n) is 5.57. The molecular formula is C24H19BrN4O4S. The molecule has 0 atom stereocenters. The molecule has 2 aromatic carbocycles. The predicted octanol–water partition coefficient (Wildman–Crippen LogP) is 4.90. The Morgan fingerprint density at radius 1 is 1.09 bits per heavy atom. The van der Waals surface area contributed by atoms with Crippen molar-refractivity contribution in [3.8, 4) is 5.69 Å². The van der Waals surface area contributed by atoms with Gasteiger partial charge in [-0.05, 0) is 80.5 Å². The summed E-state index contributed by atoms with van der Waals surface area (Å²) < 4.78 is 2.70. The summed E-state index contributed by atoms with van der Waals surface area (Å²) in [6.45, 7) is 5.52. The number of anilines is 1. The third kappa shape index (κ3) is 4.17. The van der Waals surface area contributed by atoms with E-state index in [1.807, 2.05) is 37.5 Å². The van der Waals surface area contributed by atoms with Gasteiger partial charge in [-0.3, -0.25) is 29.9 Å².